The zero-order valence-electron chi connectivity index (χ0n) is 10.8. The quantitative estimate of drug-likeness (QED) is 0.600. The third kappa shape index (κ3) is 5.64. The molecule has 0 aliphatic carbocycles. The Morgan fingerprint density at radius 3 is 1.93 bits per heavy atom. The lowest BCUT2D eigenvalue weighted by Gasteiger charge is -2.28. The van der Waals surface area contributed by atoms with E-state index in [1.807, 2.05) is 0 Å². The molecular weight excluding hydrogens is 172 g/mol. The third-order valence-corrected chi connectivity index (χ3v) is 2.58. The van der Waals surface area contributed by atoms with Crippen LogP contribution in [0, 0.1) is 17.8 Å². The highest BCUT2D eigenvalue weighted by molar-refractivity contribution is 4.71. The van der Waals surface area contributed by atoms with Gasteiger partial charge >= 0.3 is 0 Å². The SMILES string of the molecule is CCCO[C@@H](C(C)C)C(C)CC(C)C. The Bertz CT molecular complexity index is 129. The molecule has 0 aromatic carbocycles. The minimum atomic E-state index is 0.442. The average molecular weight is 200 g/mol. The van der Waals surface area contributed by atoms with Crippen molar-refractivity contribution in [3.8, 4) is 0 Å². The Labute approximate surface area is 90.2 Å². The lowest BCUT2D eigenvalue weighted by molar-refractivity contribution is -0.0177. The second-order valence-electron chi connectivity index (χ2n) is 5.19. The van der Waals surface area contributed by atoms with Crippen molar-refractivity contribution in [2.24, 2.45) is 17.8 Å². The van der Waals surface area contributed by atoms with E-state index >= 15 is 0 Å². The fourth-order valence-corrected chi connectivity index (χ4v) is 2.15. The smallest absolute Gasteiger partial charge is 0.0623 e. The minimum Gasteiger partial charge on any atom is -0.378 e. The molecule has 0 rings (SSSR count). The Hall–Kier alpha value is -0.0400. The first-order valence-electron chi connectivity index (χ1n) is 6.10. The van der Waals surface area contributed by atoms with Crippen molar-refractivity contribution in [2.45, 2.75) is 60.5 Å². The molecule has 0 bridgehead atoms. The van der Waals surface area contributed by atoms with Crippen molar-refractivity contribution in [3.05, 3.63) is 0 Å². The third-order valence-electron chi connectivity index (χ3n) is 2.58. The van der Waals surface area contributed by atoms with Gasteiger partial charge in [0.25, 0.3) is 0 Å². The molecule has 0 amide bonds. The zero-order chi connectivity index (χ0) is 11.1. The van der Waals surface area contributed by atoms with E-state index < -0.39 is 0 Å². The zero-order valence-corrected chi connectivity index (χ0v) is 10.8. The highest BCUT2D eigenvalue weighted by Crippen LogP contribution is 2.23. The van der Waals surface area contributed by atoms with Crippen molar-refractivity contribution < 1.29 is 4.74 Å². The summed E-state index contributed by atoms with van der Waals surface area (Å²) in [4.78, 5) is 0. The normalized spacial score (nSPS) is 16.3. The molecule has 14 heavy (non-hydrogen) atoms. The summed E-state index contributed by atoms with van der Waals surface area (Å²) in [5, 5.41) is 0. The van der Waals surface area contributed by atoms with Crippen molar-refractivity contribution in [1.29, 1.82) is 0 Å². The van der Waals surface area contributed by atoms with Crippen LogP contribution in [-0.2, 0) is 4.74 Å². The van der Waals surface area contributed by atoms with Crippen LogP contribution in [0.4, 0.5) is 0 Å². The molecular formula is C13H28O. The van der Waals surface area contributed by atoms with Crippen LogP contribution in [0.25, 0.3) is 0 Å². The summed E-state index contributed by atoms with van der Waals surface area (Å²) in [5.41, 5.74) is 0. The van der Waals surface area contributed by atoms with E-state index in [4.69, 9.17) is 4.74 Å². The van der Waals surface area contributed by atoms with E-state index in [1.54, 1.807) is 0 Å². The van der Waals surface area contributed by atoms with Gasteiger partial charge in [-0.2, -0.15) is 0 Å². The number of ether oxygens (including phenoxy) is 1. The van der Waals surface area contributed by atoms with Crippen molar-refractivity contribution in [1.82, 2.24) is 0 Å². The van der Waals surface area contributed by atoms with Gasteiger partial charge in [-0.3, -0.25) is 0 Å². The second kappa shape index (κ2) is 7.28. The lowest BCUT2D eigenvalue weighted by atomic mass is 9.88. The standard InChI is InChI=1S/C13H28O/c1-7-8-14-13(11(4)5)12(6)9-10(2)3/h10-13H,7-9H2,1-6H3/t12?,13-/m0/s1. The van der Waals surface area contributed by atoms with Gasteiger partial charge in [0.2, 0.25) is 0 Å². The topological polar surface area (TPSA) is 9.23 Å². The molecule has 0 aromatic rings. The summed E-state index contributed by atoms with van der Waals surface area (Å²) in [6.45, 7) is 14.5. The van der Waals surface area contributed by atoms with Gasteiger partial charge in [-0.05, 0) is 30.6 Å². The van der Waals surface area contributed by atoms with E-state index in [9.17, 15) is 0 Å². The van der Waals surface area contributed by atoms with E-state index in [0.717, 1.165) is 18.9 Å². The van der Waals surface area contributed by atoms with Crippen LogP contribution in [0.1, 0.15) is 54.4 Å². The van der Waals surface area contributed by atoms with Gasteiger partial charge in [0.05, 0.1) is 6.10 Å². The number of hydrogen-bond donors (Lipinski definition) is 0. The monoisotopic (exact) mass is 200 g/mol. The van der Waals surface area contributed by atoms with Gasteiger partial charge in [0.15, 0.2) is 0 Å². The molecule has 1 unspecified atom stereocenters. The highest BCUT2D eigenvalue weighted by Gasteiger charge is 2.21. The van der Waals surface area contributed by atoms with Crippen LogP contribution in [0.5, 0.6) is 0 Å². The predicted octanol–water partition coefficient (Wildman–Crippen LogP) is 4.12. The van der Waals surface area contributed by atoms with E-state index in [-0.39, 0.29) is 0 Å². The Kier molecular flexibility index (Phi) is 7.26. The second-order valence-corrected chi connectivity index (χ2v) is 5.19. The van der Waals surface area contributed by atoms with Crippen LogP contribution in [0.2, 0.25) is 0 Å². The van der Waals surface area contributed by atoms with Gasteiger partial charge in [-0.1, -0.05) is 41.5 Å². The molecule has 86 valence electrons. The fraction of sp³-hybridized carbons (Fsp3) is 1.00. The van der Waals surface area contributed by atoms with E-state index in [2.05, 4.69) is 41.5 Å². The number of hydrogen-bond acceptors (Lipinski definition) is 1. The molecule has 0 heterocycles. The van der Waals surface area contributed by atoms with Crippen LogP contribution in [-0.4, -0.2) is 12.7 Å². The van der Waals surface area contributed by atoms with Crippen LogP contribution in [0.15, 0.2) is 0 Å². The van der Waals surface area contributed by atoms with Gasteiger partial charge < -0.3 is 4.74 Å². The van der Waals surface area contributed by atoms with Crippen LogP contribution < -0.4 is 0 Å². The fourth-order valence-electron chi connectivity index (χ4n) is 2.15. The van der Waals surface area contributed by atoms with Gasteiger partial charge in [-0.15, -0.1) is 0 Å². The number of rotatable bonds is 7. The molecule has 1 heteroatoms. The van der Waals surface area contributed by atoms with Crippen LogP contribution >= 0.6 is 0 Å². The summed E-state index contributed by atoms with van der Waals surface area (Å²) in [6.07, 6.45) is 2.84. The maximum atomic E-state index is 5.92. The molecule has 0 spiro atoms. The van der Waals surface area contributed by atoms with Crippen molar-refractivity contribution in [2.75, 3.05) is 6.61 Å². The maximum absolute atomic E-state index is 5.92. The molecule has 0 aromatic heterocycles. The van der Waals surface area contributed by atoms with E-state index in [1.165, 1.54) is 6.42 Å². The minimum absolute atomic E-state index is 0.442. The first-order valence-corrected chi connectivity index (χ1v) is 6.10. The Balaban J connectivity index is 4.04. The largest absolute Gasteiger partial charge is 0.378 e. The molecule has 0 aliphatic rings. The Morgan fingerprint density at radius 2 is 1.57 bits per heavy atom. The molecule has 2 atom stereocenters. The predicted molar refractivity (Wildman–Crippen MR) is 63.5 cm³/mol. The summed E-state index contributed by atoms with van der Waals surface area (Å²) in [7, 11) is 0. The highest BCUT2D eigenvalue weighted by atomic mass is 16.5. The van der Waals surface area contributed by atoms with Gasteiger partial charge in [0.1, 0.15) is 0 Å². The molecule has 0 fully saturated rings. The molecule has 0 radical (unpaired) electrons. The van der Waals surface area contributed by atoms with Gasteiger partial charge in [0, 0.05) is 6.61 Å². The maximum Gasteiger partial charge on any atom is 0.0623 e. The Morgan fingerprint density at radius 1 is 1.00 bits per heavy atom. The first kappa shape index (κ1) is 14.0. The molecule has 0 saturated carbocycles. The average Bonchev–Trinajstić information content (AvgIpc) is 2.02. The molecule has 0 saturated heterocycles. The van der Waals surface area contributed by atoms with Gasteiger partial charge in [-0.25, -0.2) is 0 Å². The lowest BCUT2D eigenvalue weighted by Crippen LogP contribution is -2.28. The molecule has 1 nitrogen and oxygen atoms in total. The van der Waals surface area contributed by atoms with Crippen LogP contribution in [0.3, 0.4) is 0 Å². The summed E-state index contributed by atoms with van der Waals surface area (Å²) in [5.74, 6) is 2.09. The van der Waals surface area contributed by atoms with E-state index in [0.29, 0.717) is 17.9 Å². The molecule has 0 N–H and O–H groups in total. The first-order chi connectivity index (χ1) is 6.49. The molecule has 0 aliphatic heterocycles. The summed E-state index contributed by atoms with van der Waals surface area (Å²) < 4.78 is 5.92. The summed E-state index contributed by atoms with van der Waals surface area (Å²) in [6, 6.07) is 0. The van der Waals surface area contributed by atoms with Crippen molar-refractivity contribution in [3.63, 3.8) is 0 Å². The van der Waals surface area contributed by atoms with Crippen molar-refractivity contribution >= 4 is 0 Å². The summed E-state index contributed by atoms with van der Waals surface area (Å²) >= 11 is 0.